The number of hydrogen-bond donors (Lipinski definition) is 1. The molecule has 1 heterocycles. The van der Waals surface area contributed by atoms with Crippen molar-refractivity contribution < 1.29 is 8.42 Å². The Balaban J connectivity index is 1.72. The van der Waals surface area contributed by atoms with Gasteiger partial charge in [-0.25, -0.2) is 13.1 Å². The number of rotatable bonds is 9. The normalized spacial score (nSPS) is 12.8. The highest BCUT2D eigenvalue weighted by atomic mass is 35.5. The van der Waals surface area contributed by atoms with Crippen LogP contribution in [0.2, 0.25) is 5.02 Å². The molecule has 3 rings (SSSR count). The first-order chi connectivity index (χ1) is 14.3. The largest absolute Gasteiger partial charge is 0.305 e. The first-order valence-corrected chi connectivity index (χ1v) is 13.4. The second-order valence-corrected chi connectivity index (χ2v) is 10.5. The number of hydrogen-bond acceptors (Lipinski definition) is 6. The lowest BCUT2D eigenvalue weighted by Crippen LogP contribution is -2.29. The van der Waals surface area contributed by atoms with E-state index in [1.165, 1.54) is 22.6 Å². The first-order valence-electron chi connectivity index (χ1n) is 9.30. The van der Waals surface area contributed by atoms with Gasteiger partial charge in [-0.05, 0) is 62.1 Å². The topological polar surface area (TPSA) is 76.9 Å². The predicted octanol–water partition coefficient (Wildman–Crippen LogP) is 5.01. The van der Waals surface area contributed by atoms with E-state index in [2.05, 4.69) is 45.4 Å². The monoisotopic (exact) mass is 482 g/mol. The maximum absolute atomic E-state index is 12.7. The molecule has 0 aliphatic heterocycles. The first kappa shape index (κ1) is 23.1. The van der Waals surface area contributed by atoms with Gasteiger partial charge < -0.3 is 4.57 Å². The molecule has 30 heavy (non-hydrogen) atoms. The van der Waals surface area contributed by atoms with E-state index >= 15 is 0 Å². The summed E-state index contributed by atoms with van der Waals surface area (Å²) >= 11 is 9.15. The molecule has 160 valence electrons. The van der Waals surface area contributed by atoms with Crippen LogP contribution in [0.3, 0.4) is 0 Å². The zero-order valence-electron chi connectivity index (χ0n) is 16.9. The van der Waals surface area contributed by atoms with E-state index in [1.807, 2.05) is 11.5 Å². The molecule has 1 atom stereocenters. The van der Waals surface area contributed by atoms with Crippen LogP contribution in [-0.2, 0) is 22.3 Å². The van der Waals surface area contributed by atoms with Crippen molar-refractivity contribution in [3.63, 3.8) is 0 Å². The highest BCUT2D eigenvalue weighted by Crippen LogP contribution is 2.26. The molecule has 0 radical (unpaired) electrons. The van der Waals surface area contributed by atoms with E-state index in [1.54, 1.807) is 42.6 Å². The molecule has 0 amide bonds. The summed E-state index contributed by atoms with van der Waals surface area (Å²) < 4.78 is 30.0. The van der Waals surface area contributed by atoms with Gasteiger partial charge in [0.1, 0.15) is 0 Å². The second kappa shape index (κ2) is 10.2. The van der Waals surface area contributed by atoms with E-state index < -0.39 is 16.1 Å². The molecule has 0 aliphatic carbocycles. The summed E-state index contributed by atoms with van der Waals surface area (Å²) in [7, 11) is -3.70. The van der Waals surface area contributed by atoms with Crippen LogP contribution in [0.1, 0.15) is 31.3 Å². The summed E-state index contributed by atoms with van der Waals surface area (Å²) in [5.74, 6) is 1.34. The van der Waals surface area contributed by atoms with Crippen LogP contribution in [-0.4, -0.2) is 29.4 Å². The predicted molar refractivity (Wildman–Crippen MR) is 124 cm³/mol. The van der Waals surface area contributed by atoms with Gasteiger partial charge in [0, 0.05) is 22.2 Å². The van der Waals surface area contributed by atoms with Gasteiger partial charge in [0.15, 0.2) is 11.0 Å². The zero-order valence-corrected chi connectivity index (χ0v) is 20.1. The third-order valence-electron chi connectivity index (χ3n) is 4.43. The molecule has 3 aromatic rings. The zero-order chi connectivity index (χ0) is 21.7. The molecule has 0 spiro atoms. The Morgan fingerprint density at radius 3 is 2.37 bits per heavy atom. The van der Waals surface area contributed by atoms with Gasteiger partial charge in [-0.3, -0.25) is 0 Å². The molecule has 0 aliphatic rings. The van der Waals surface area contributed by atoms with Gasteiger partial charge in [0.2, 0.25) is 10.0 Å². The number of halogens is 1. The minimum absolute atomic E-state index is 0.157. The van der Waals surface area contributed by atoms with Gasteiger partial charge in [-0.2, -0.15) is 0 Å². The third-order valence-corrected chi connectivity index (χ3v) is 8.02. The van der Waals surface area contributed by atoms with Crippen molar-refractivity contribution in [2.75, 3.05) is 6.26 Å². The molecular weight excluding hydrogens is 460 g/mol. The van der Waals surface area contributed by atoms with Crippen molar-refractivity contribution in [3.05, 3.63) is 64.9 Å². The van der Waals surface area contributed by atoms with Gasteiger partial charge in [-0.15, -0.1) is 22.0 Å². The third kappa shape index (κ3) is 5.59. The van der Waals surface area contributed by atoms with E-state index in [0.717, 1.165) is 10.9 Å². The van der Waals surface area contributed by atoms with Gasteiger partial charge in [0.05, 0.1) is 10.9 Å². The molecule has 6 nitrogen and oxygen atoms in total. The van der Waals surface area contributed by atoms with Crippen LogP contribution < -0.4 is 4.72 Å². The Labute approximate surface area is 190 Å². The number of benzene rings is 2. The molecular formula is C20H23ClN4O2S3. The number of nitrogens with zero attached hydrogens (tertiary/aromatic N) is 3. The molecule has 0 saturated heterocycles. The maximum atomic E-state index is 12.7. The average molecular weight is 483 g/mol. The minimum atomic E-state index is -3.70. The standard InChI is InChI=1S/C20H23ClN4O2S3/c1-4-25-19(14(2)24-30(26,27)18-11-7-16(21)8-12-18)22-23-20(25)29-13-15-5-9-17(28-3)10-6-15/h5-12,14,24H,4,13H2,1-3H3/t14-/m1/s1. The summed E-state index contributed by atoms with van der Waals surface area (Å²) in [4.78, 5) is 1.38. The lowest BCUT2D eigenvalue weighted by molar-refractivity contribution is 0.539. The van der Waals surface area contributed by atoms with Gasteiger partial charge >= 0.3 is 0 Å². The SMILES string of the molecule is CCn1c(SCc2ccc(SC)cc2)nnc1[C@@H](C)NS(=O)(=O)c1ccc(Cl)cc1. The van der Waals surface area contributed by atoms with Crippen LogP contribution in [0, 0.1) is 0 Å². The van der Waals surface area contributed by atoms with E-state index in [9.17, 15) is 8.42 Å². The highest BCUT2D eigenvalue weighted by molar-refractivity contribution is 7.98. The minimum Gasteiger partial charge on any atom is -0.305 e. The number of nitrogens with one attached hydrogen (secondary N) is 1. The summed E-state index contributed by atoms with van der Waals surface area (Å²) in [6.45, 7) is 4.40. The van der Waals surface area contributed by atoms with Crippen LogP contribution in [0.15, 0.2) is 63.5 Å². The summed E-state index contributed by atoms with van der Waals surface area (Å²) in [5, 5.41) is 9.80. The Bertz CT molecular complexity index is 1080. The fourth-order valence-electron chi connectivity index (χ4n) is 2.86. The molecule has 2 aromatic carbocycles. The average Bonchev–Trinajstić information content (AvgIpc) is 3.15. The van der Waals surface area contributed by atoms with Crippen molar-refractivity contribution in [1.82, 2.24) is 19.5 Å². The number of sulfonamides is 1. The molecule has 10 heteroatoms. The molecule has 0 unspecified atom stereocenters. The van der Waals surface area contributed by atoms with Crippen molar-refractivity contribution in [2.24, 2.45) is 0 Å². The molecule has 1 aromatic heterocycles. The Morgan fingerprint density at radius 1 is 1.10 bits per heavy atom. The van der Waals surface area contributed by atoms with Crippen LogP contribution in [0.5, 0.6) is 0 Å². The van der Waals surface area contributed by atoms with Crippen molar-refractivity contribution >= 4 is 45.1 Å². The highest BCUT2D eigenvalue weighted by Gasteiger charge is 2.23. The molecule has 0 fully saturated rings. The molecule has 0 saturated carbocycles. The Hall–Kier alpha value is -1.52. The number of thioether (sulfide) groups is 2. The maximum Gasteiger partial charge on any atom is 0.241 e. The summed E-state index contributed by atoms with van der Waals surface area (Å²) in [6, 6.07) is 13.9. The molecule has 0 bridgehead atoms. The lowest BCUT2D eigenvalue weighted by atomic mass is 10.2. The van der Waals surface area contributed by atoms with Crippen molar-refractivity contribution in [3.8, 4) is 0 Å². The van der Waals surface area contributed by atoms with E-state index in [4.69, 9.17) is 11.6 Å². The van der Waals surface area contributed by atoms with Crippen LogP contribution >= 0.6 is 35.1 Å². The Kier molecular flexibility index (Phi) is 7.86. The van der Waals surface area contributed by atoms with Crippen LogP contribution in [0.4, 0.5) is 0 Å². The summed E-state index contributed by atoms with van der Waals surface area (Å²) in [5.41, 5.74) is 1.20. The molecule has 1 N–H and O–H groups in total. The lowest BCUT2D eigenvalue weighted by Gasteiger charge is -2.15. The fraction of sp³-hybridized carbons (Fsp3) is 0.300. The quantitative estimate of drug-likeness (QED) is 0.432. The van der Waals surface area contributed by atoms with E-state index in [-0.39, 0.29) is 4.90 Å². The summed E-state index contributed by atoms with van der Waals surface area (Å²) in [6.07, 6.45) is 2.05. The fourth-order valence-corrected chi connectivity index (χ4v) is 5.56. The smallest absolute Gasteiger partial charge is 0.241 e. The van der Waals surface area contributed by atoms with Crippen LogP contribution in [0.25, 0.3) is 0 Å². The van der Waals surface area contributed by atoms with Crippen molar-refractivity contribution in [2.45, 2.75) is 47.1 Å². The van der Waals surface area contributed by atoms with E-state index in [0.29, 0.717) is 17.4 Å². The van der Waals surface area contributed by atoms with Crippen molar-refractivity contribution in [1.29, 1.82) is 0 Å². The second-order valence-electron chi connectivity index (χ2n) is 6.52. The number of aromatic nitrogens is 3. The Morgan fingerprint density at radius 2 is 1.77 bits per heavy atom. The van der Waals surface area contributed by atoms with Gasteiger partial charge in [0.25, 0.3) is 0 Å². The van der Waals surface area contributed by atoms with Gasteiger partial charge in [-0.1, -0.05) is 35.5 Å².